The summed E-state index contributed by atoms with van der Waals surface area (Å²) in [5, 5.41) is 0. The first-order chi connectivity index (χ1) is 10.3. The van der Waals surface area contributed by atoms with E-state index in [-0.39, 0.29) is 0 Å². The van der Waals surface area contributed by atoms with Crippen LogP contribution >= 0.6 is 11.8 Å². The SMILES string of the molecule is Cc1ccccc1SCCCn1cnc2c(N)ncnc21. The Bertz CT molecular complexity index is 753. The molecule has 6 heteroatoms. The number of aromatic nitrogens is 4. The molecular formula is C15H17N5S. The van der Waals surface area contributed by atoms with E-state index in [0.29, 0.717) is 11.3 Å². The van der Waals surface area contributed by atoms with Crippen LogP contribution in [-0.4, -0.2) is 25.3 Å². The van der Waals surface area contributed by atoms with Gasteiger partial charge in [-0.2, -0.15) is 0 Å². The molecule has 3 rings (SSSR count). The molecule has 2 aromatic heterocycles. The zero-order valence-electron chi connectivity index (χ0n) is 11.9. The van der Waals surface area contributed by atoms with Crippen molar-refractivity contribution >= 4 is 28.7 Å². The lowest BCUT2D eigenvalue weighted by atomic mass is 10.2. The fourth-order valence-electron chi connectivity index (χ4n) is 2.20. The number of nitrogens with zero attached hydrogens (tertiary/aromatic N) is 4. The zero-order chi connectivity index (χ0) is 14.7. The minimum Gasteiger partial charge on any atom is -0.382 e. The van der Waals surface area contributed by atoms with E-state index in [1.165, 1.54) is 16.8 Å². The average molecular weight is 299 g/mol. The maximum Gasteiger partial charge on any atom is 0.165 e. The van der Waals surface area contributed by atoms with Crippen LogP contribution in [0.2, 0.25) is 0 Å². The Labute approximate surface area is 127 Å². The molecule has 0 saturated heterocycles. The minimum absolute atomic E-state index is 0.438. The van der Waals surface area contributed by atoms with Crippen molar-refractivity contribution < 1.29 is 0 Å². The minimum atomic E-state index is 0.438. The smallest absolute Gasteiger partial charge is 0.165 e. The lowest BCUT2D eigenvalue weighted by molar-refractivity contribution is 0.696. The van der Waals surface area contributed by atoms with Gasteiger partial charge in [0.2, 0.25) is 0 Å². The van der Waals surface area contributed by atoms with E-state index < -0.39 is 0 Å². The van der Waals surface area contributed by atoms with E-state index >= 15 is 0 Å². The van der Waals surface area contributed by atoms with Crippen molar-refractivity contribution in [1.29, 1.82) is 0 Å². The number of hydrogen-bond acceptors (Lipinski definition) is 5. The fraction of sp³-hybridized carbons (Fsp3) is 0.267. The van der Waals surface area contributed by atoms with Gasteiger partial charge >= 0.3 is 0 Å². The molecule has 21 heavy (non-hydrogen) atoms. The number of nitrogen functional groups attached to an aromatic ring is 1. The van der Waals surface area contributed by atoms with Crippen molar-refractivity contribution in [2.75, 3.05) is 11.5 Å². The van der Waals surface area contributed by atoms with E-state index in [1.807, 2.05) is 16.3 Å². The first kappa shape index (κ1) is 13.9. The van der Waals surface area contributed by atoms with Gasteiger partial charge in [0.1, 0.15) is 11.8 Å². The largest absolute Gasteiger partial charge is 0.382 e. The van der Waals surface area contributed by atoms with Gasteiger partial charge in [-0.15, -0.1) is 11.8 Å². The lowest BCUT2D eigenvalue weighted by Gasteiger charge is -2.06. The Morgan fingerprint density at radius 1 is 1.19 bits per heavy atom. The molecule has 0 spiro atoms. The van der Waals surface area contributed by atoms with E-state index in [9.17, 15) is 0 Å². The summed E-state index contributed by atoms with van der Waals surface area (Å²) in [6.45, 7) is 3.03. The summed E-state index contributed by atoms with van der Waals surface area (Å²) in [6.07, 6.45) is 4.32. The van der Waals surface area contributed by atoms with Crippen molar-refractivity contribution in [3.05, 3.63) is 42.5 Å². The van der Waals surface area contributed by atoms with Crippen molar-refractivity contribution in [3.63, 3.8) is 0 Å². The van der Waals surface area contributed by atoms with Crippen LogP contribution in [0.5, 0.6) is 0 Å². The monoisotopic (exact) mass is 299 g/mol. The molecular weight excluding hydrogens is 282 g/mol. The molecule has 0 amide bonds. The number of aryl methyl sites for hydroxylation is 2. The fourth-order valence-corrected chi connectivity index (χ4v) is 3.16. The molecule has 0 unspecified atom stereocenters. The molecule has 0 aliphatic carbocycles. The molecule has 0 fully saturated rings. The molecule has 108 valence electrons. The van der Waals surface area contributed by atoms with E-state index in [0.717, 1.165) is 24.4 Å². The summed E-state index contributed by atoms with van der Waals surface area (Å²) in [7, 11) is 0. The quantitative estimate of drug-likeness (QED) is 0.579. The average Bonchev–Trinajstić information content (AvgIpc) is 2.90. The standard InChI is InChI=1S/C15H17N5S/c1-11-5-2-3-6-12(11)21-8-4-7-20-10-19-13-14(16)17-9-18-15(13)20/h2-3,5-6,9-10H,4,7-8H2,1H3,(H2,16,17,18). The van der Waals surface area contributed by atoms with E-state index in [4.69, 9.17) is 5.73 Å². The van der Waals surface area contributed by atoms with Crippen LogP contribution in [0.4, 0.5) is 5.82 Å². The Hall–Kier alpha value is -2.08. The molecule has 2 N–H and O–H groups in total. The Morgan fingerprint density at radius 3 is 2.90 bits per heavy atom. The topological polar surface area (TPSA) is 69.6 Å². The predicted octanol–water partition coefficient (Wildman–Crippen LogP) is 2.90. The zero-order valence-corrected chi connectivity index (χ0v) is 12.7. The lowest BCUT2D eigenvalue weighted by Crippen LogP contribution is -2.00. The maximum atomic E-state index is 5.79. The highest BCUT2D eigenvalue weighted by molar-refractivity contribution is 7.99. The number of imidazole rings is 1. The third-order valence-electron chi connectivity index (χ3n) is 3.32. The van der Waals surface area contributed by atoms with Gasteiger partial charge in [0.15, 0.2) is 11.5 Å². The van der Waals surface area contributed by atoms with Crippen LogP contribution in [0.25, 0.3) is 11.2 Å². The van der Waals surface area contributed by atoms with Crippen LogP contribution in [0.15, 0.2) is 41.8 Å². The molecule has 0 saturated carbocycles. The third-order valence-corrected chi connectivity index (χ3v) is 4.59. The van der Waals surface area contributed by atoms with Crippen molar-refractivity contribution in [2.45, 2.75) is 24.8 Å². The van der Waals surface area contributed by atoms with Crippen molar-refractivity contribution in [3.8, 4) is 0 Å². The Kier molecular flexibility index (Phi) is 4.06. The second kappa shape index (κ2) is 6.13. The van der Waals surface area contributed by atoms with Gasteiger partial charge in [0.25, 0.3) is 0 Å². The van der Waals surface area contributed by atoms with E-state index in [2.05, 4.69) is 46.1 Å². The molecule has 0 aliphatic rings. The van der Waals surface area contributed by atoms with Gasteiger partial charge < -0.3 is 10.3 Å². The molecule has 5 nitrogen and oxygen atoms in total. The highest BCUT2D eigenvalue weighted by atomic mass is 32.2. The number of benzene rings is 1. The highest BCUT2D eigenvalue weighted by Crippen LogP contribution is 2.23. The van der Waals surface area contributed by atoms with Crippen LogP contribution in [0.3, 0.4) is 0 Å². The number of hydrogen-bond donors (Lipinski definition) is 1. The number of anilines is 1. The molecule has 0 bridgehead atoms. The normalized spacial score (nSPS) is 11.1. The van der Waals surface area contributed by atoms with Crippen LogP contribution in [-0.2, 0) is 6.54 Å². The second-order valence-corrected chi connectivity index (χ2v) is 5.97. The maximum absolute atomic E-state index is 5.79. The third kappa shape index (κ3) is 3.00. The van der Waals surface area contributed by atoms with Gasteiger partial charge in [0.05, 0.1) is 6.33 Å². The summed E-state index contributed by atoms with van der Waals surface area (Å²) < 4.78 is 2.03. The van der Waals surface area contributed by atoms with E-state index in [1.54, 1.807) is 6.33 Å². The van der Waals surface area contributed by atoms with Crippen LogP contribution in [0.1, 0.15) is 12.0 Å². The first-order valence-electron chi connectivity index (χ1n) is 6.85. The number of rotatable bonds is 5. The molecule has 1 aromatic carbocycles. The van der Waals surface area contributed by atoms with Crippen LogP contribution in [0, 0.1) is 6.92 Å². The summed E-state index contributed by atoms with van der Waals surface area (Å²) in [4.78, 5) is 13.8. The van der Waals surface area contributed by atoms with Crippen LogP contribution < -0.4 is 5.73 Å². The van der Waals surface area contributed by atoms with Gasteiger partial charge in [-0.05, 0) is 30.7 Å². The first-order valence-corrected chi connectivity index (χ1v) is 7.84. The summed E-state index contributed by atoms with van der Waals surface area (Å²) in [6, 6.07) is 8.46. The van der Waals surface area contributed by atoms with Gasteiger partial charge in [-0.1, -0.05) is 18.2 Å². The highest BCUT2D eigenvalue weighted by Gasteiger charge is 2.07. The van der Waals surface area contributed by atoms with Crippen molar-refractivity contribution in [1.82, 2.24) is 19.5 Å². The summed E-state index contributed by atoms with van der Waals surface area (Å²) in [5.41, 5.74) is 8.61. The van der Waals surface area contributed by atoms with Crippen molar-refractivity contribution in [2.24, 2.45) is 0 Å². The summed E-state index contributed by atoms with van der Waals surface area (Å²) >= 11 is 1.89. The molecule has 3 aromatic rings. The van der Waals surface area contributed by atoms with Gasteiger partial charge in [-0.3, -0.25) is 0 Å². The molecule has 0 aliphatic heterocycles. The van der Waals surface area contributed by atoms with Gasteiger partial charge in [0, 0.05) is 11.4 Å². The number of fused-ring (bicyclic) bond motifs is 1. The second-order valence-electron chi connectivity index (χ2n) is 4.84. The van der Waals surface area contributed by atoms with Gasteiger partial charge in [-0.25, -0.2) is 15.0 Å². The number of nitrogens with two attached hydrogens (primary N) is 1. The molecule has 0 atom stereocenters. The number of thioether (sulfide) groups is 1. The Balaban J connectivity index is 1.60. The Morgan fingerprint density at radius 2 is 2.05 bits per heavy atom. The molecule has 2 heterocycles. The predicted molar refractivity (Wildman–Crippen MR) is 86.3 cm³/mol. The molecule has 0 radical (unpaired) electrons. The summed E-state index contributed by atoms with van der Waals surface area (Å²) in [5.74, 6) is 1.50.